The van der Waals surface area contributed by atoms with Crippen LogP contribution in [0.2, 0.25) is 0 Å². The van der Waals surface area contributed by atoms with E-state index in [4.69, 9.17) is 15.2 Å². The second kappa shape index (κ2) is 8.42. The molecule has 1 aliphatic rings. The van der Waals surface area contributed by atoms with Crippen molar-refractivity contribution in [3.8, 4) is 5.75 Å². The third-order valence-corrected chi connectivity index (χ3v) is 5.06. The SMILES string of the molecule is COc1cccc(CN(CC2CCCO2)C(=O)c2csc(CN)n2)c1. The maximum atomic E-state index is 13.0. The molecule has 1 aromatic heterocycles. The normalized spacial score (nSPS) is 16.8. The topological polar surface area (TPSA) is 77.7 Å². The number of amides is 1. The average molecular weight is 361 g/mol. The first-order chi connectivity index (χ1) is 12.2. The van der Waals surface area contributed by atoms with Crippen LogP contribution in [0.4, 0.5) is 0 Å². The van der Waals surface area contributed by atoms with E-state index >= 15 is 0 Å². The number of carbonyl (C=O) groups excluding carboxylic acids is 1. The number of aromatic nitrogens is 1. The first-order valence-corrected chi connectivity index (χ1v) is 9.26. The standard InChI is InChI=1S/C18H23N3O3S/c1-23-14-5-2-4-13(8-14)10-21(11-15-6-3-7-24-15)18(22)16-12-25-17(9-19)20-16/h2,4-5,8,12,15H,3,6-7,9-11,19H2,1H3. The Hall–Kier alpha value is -1.96. The van der Waals surface area contributed by atoms with E-state index in [-0.39, 0.29) is 12.0 Å². The molecule has 0 spiro atoms. The lowest BCUT2D eigenvalue weighted by Gasteiger charge is -2.25. The molecule has 1 aromatic carbocycles. The van der Waals surface area contributed by atoms with Gasteiger partial charge < -0.3 is 20.1 Å². The molecule has 0 saturated carbocycles. The highest BCUT2D eigenvalue weighted by Gasteiger charge is 2.25. The second-order valence-corrected chi connectivity index (χ2v) is 6.95. The Labute approximate surface area is 151 Å². The fraction of sp³-hybridized carbons (Fsp3) is 0.444. The molecule has 2 heterocycles. The zero-order valence-electron chi connectivity index (χ0n) is 14.3. The summed E-state index contributed by atoms with van der Waals surface area (Å²) in [5, 5.41) is 2.54. The molecule has 1 fully saturated rings. The molecule has 0 bridgehead atoms. The molecule has 25 heavy (non-hydrogen) atoms. The number of methoxy groups -OCH3 is 1. The number of nitrogens with two attached hydrogens (primary N) is 1. The van der Waals surface area contributed by atoms with Crippen LogP contribution in [0.3, 0.4) is 0 Å². The van der Waals surface area contributed by atoms with Crippen LogP contribution in [-0.2, 0) is 17.8 Å². The molecule has 1 unspecified atom stereocenters. The van der Waals surface area contributed by atoms with Crippen LogP contribution in [-0.4, -0.2) is 42.2 Å². The molecule has 0 radical (unpaired) electrons. The summed E-state index contributed by atoms with van der Waals surface area (Å²) < 4.78 is 11.0. The van der Waals surface area contributed by atoms with Crippen molar-refractivity contribution in [1.82, 2.24) is 9.88 Å². The highest BCUT2D eigenvalue weighted by molar-refractivity contribution is 7.09. The molecule has 2 N–H and O–H groups in total. The van der Waals surface area contributed by atoms with Gasteiger partial charge in [0.15, 0.2) is 0 Å². The van der Waals surface area contributed by atoms with E-state index in [1.165, 1.54) is 11.3 Å². The van der Waals surface area contributed by atoms with Crippen LogP contribution in [0.5, 0.6) is 5.75 Å². The lowest BCUT2D eigenvalue weighted by atomic mass is 10.1. The van der Waals surface area contributed by atoms with E-state index in [1.807, 2.05) is 24.3 Å². The summed E-state index contributed by atoms with van der Waals surface area (Å²) in [5.41, 5.74) is 7.08. The summed E-state index contributed by atoms with van der Waals surface area (Å²) in [6.45, 7) is 2.16. The molecular formula is C18H23N3O3S. The molecule has 1 saturated heterocycles. The van der Waals surface area contributed by atoms with E-state index in [1.54, 1.807) is 17.4 Å². The first kappa shape index (κ1) is 17.8. The number of benzene rings is 1. The summed E-state index contributed by atoms with van der Waals surface area (Å²) in [6.07, 6.45) is 2.11. The van der Waals surface area contributed by atoms with Gasteiger partial charge in [-0.15, -0.1) is 11.3 Å². The number of hydrogen-bond donors (Lipinski definition) is 1. The molecule has 1 aliphatic heterocycles. The summed E-state index contributed by atoms with van der Waals surface area (Å²) in [7, 11) is 1.64. The Bertz CT molecular complexity index is 713. The van der Waals surface area contributed by atoms with Gasteiger partial charge >= 0.3 is 0 Å². The Kier molecular flexibility index (Phi) is 6.01. The molecular weight excluding hydrogens is 338 g/mol. The van der Waals surface area contributed by atoms with Gasteiger partial charge in [-0.3, -0.25) is 4.79 Å². The molecule has 2 aromatic rings. The maximum absolute atomic E-state index is 13.0. The van der Waals surface area contributed by atoms with Gasteiger partial charge in [0.25, 0.3) is 5.91 Å². The van der Waals surface area contributed by atoms with Crippen molar-refractivity contribution in [1.29, 1.82) is 0 Å². The zero-order chi connectivity index (χ0) is 17.6. The lowest BCUT2D eigenvalue weighted by molar-refractivity contribution is 0.0503. The monoisotopic (exact) mass is 361 g/mol. The molecule has 6 nitrogen and oxygen atoms in total. The van der Waals surface area contributed by atoms with E-state index in [0.29, 0.717) is 25.3 Å². The number of thiazole rings is 1. The molecule has 3 rings (SSSR count). The Balaban J connectivity index is 1.79. The minimum absolute atomic E-state index is 0.0853. The first-order valence-electron chi connectivity index (χ1n) is 8.38. The molecule has 1 amide bonds. The Morgan fingerprint density at radius 1 is 1.52 bits per heavy atom. The largest absolute Gasteiger partial charge is 0.497 e. The highest BCUT2D eigenvalue weighted by atomic mass is 32.1. The van der Waals surface area contributed by atoms with Crippen molar-refractivity contribution < 1.29 is 14.3 Å². The highest BCUT2D eigenvalue weighted by Crippen LogP contribution is 2.20. The number of carbonyl (C=O) groups is 1. The predicted octanol–water partition coefficient (Wildman–Crippen LogP) is 2.43. The molecule has 1 atom stereocenters. The number of hydrogen-bond acceptors (Lipinski definition) is 6. The molecule has 134 valence electrons. The molecule has 7 heteroatoms. The lowest BCUT2D eigenvalue weighted by Crippen LogP contribution is -2.37. The minimum atomic E-state index is -0.0886. The van der Waals surface area contributed by atoms with Crippen LogP contribution in [0.1, 0.15) is 33.9 Å². The van der Waals surface area contributed by atoms with Crippen molar-refractivity contribution in [3.05, 3.63) is 45.9 Å². The van der Waals surface area contributed by atoms with Crippen molar-refractivity contribution in [2.45, 2.75) is 32.0 Å². The fourth-order valence-electron chi connectivity index (χ4n) is 2.91. The second-order valence-electron chi connectivity index (χ2n) is 6.00. The van der Waals surface area contributed by atoms with Gasteiger partial charge in [-0.25, -0.2) is 4.98 Å². The van der Waals surface area contributed by atoms with E-state index < -0.39 is 0 Å². The van der Waals surface area contributed by atoms with Crippen LogP contribution in [0.15, 0.2) is 29.6 Å². The smallest absolute Gasteiger partial charge is 0.273 e. The van der Waals surface area contributed by atoms with E-state index in [9.17, 15) is 4.79 Å². The van der Waals surface area contributed by atoms with Crippen molar-refractivity contribution in [3.63, 3.8) is 0 Å². The van der Waals surface area contributed by atoms with Gasteiger partial charge in [-0.05, 0) is 30.5 Å². The van der Waals surface area contributed by atoms with E-state index in [2.05, 4.69) is 4.98 Å². The number of ether oxygens (including phenoxy) is 2. The minimum Gasteiger partial charge on any atom is -0.497 e. The van der Waals surface area contributed by atoms with Gasteiger partial charge in [0, 0.05) is 31.6 Å². The zero-order valence-corrected chi connectivity index (χ0v) is 15.1. The van der Waals surface area contributed by atoms with Gasteiger partial charge in [0.05, 0.1) is 13.2 Å². The summed E-state index contributed by atoms with van der Waals surface area (Å²) >= 11 is 1.42. The van der Waals surface area contributed by atoms with Crippen molar-refractivity contribution in [2.75, 3.05) is 20.3 Å². The number of rotatable bonds is 7. The van der Waals surface area contributed by atoms with Crippen LogP contribution in [0.25, 0.3) is 0 Å². The predicted molar refractivity (Wildman–Crippen MR) is 96.7 cm³/mol. The van der Waals surface area contributed by atoms with Gasteiger partial charge in [0.1, 0.15) is 16.5 Å². The third-order valence-electron chi connectivity index (χ3n) is 4.19. The summed E-state index contributed by atoms with van der Waals surface area (Å²) in [6, 6.07) is 7.76. The van der Waals surface area contributed by atoms with Gasteiger partial charge in [0.2, 0.25) is 0 Å². The third kappa shape index (κ3) is 4.56. The van der Waals surface area contributed by atoms with Crippen LogP contribution in [0, 0.1) is 0 Å². The quantitative estimate of drug-likeness (QED) is 0.819. The summed E-state index contributed by atoms with van der Waals surface area (Å²) in [5.74, 6) is 0.690. The fourth-order valence-corrected chi connectivity index (χ4v) is 3.56. The van der Waals surface area contributed by atoms with Gasteiger partial charge in [-0.1, -0.05) is 12.1 Å². The van der Waals surface area contributed by atoms with E-state index in [0.717, 1.165) is 35.8 Å². The maximum Gasteiger partial charge on any atom is 0.273 e. The van der Waals surface area contributed by atoms with Crippen LogP contribution >= 0.6 is 11.3 Å². The van der Waals surface area contributed by atoms with Crippen molar-refractivity contribution >= 4 is 17.2 Å². The Morgan fingerprint density at radius 2 is 2.40 bits per heavy atom. The van der Waals surface area contributed by atoms with Gasteiger partial charge in [-0.2, -0.15) is 0 Å². The van der Waals surface area contributed by atoms with Crippen molar-refractivity contribution in [2.24, 2.45) is 5.73 Å². The number of nitrogens with zero attached hydrogens (tertiary/aromatic N) is 2. The molecule has 0 aliphatic carbocycles. The summed E-state index contributed by atoms with van der Waals surface area (Å²) in [4.78, 5) is 19.1. The Morgan fingerprint density at radius 3 is 3.08 bits per heavy atom. The van der Waals surface area contributed by atoms with Crippen LogP contribution < -0.4 is 10.5 Å². The average Bonchev–Trinajstić information content (AvgIpc) is 3.32.